The number of nitrogens with one attached hydrogen (secondary N) is 2. The van der Waals surface area contributed by atoms with E-state index >= 15 is 0 Å². The van der Waals surface area contributed by atoms with Gasteiger partial charge < -0.3 is 10.1 Å². The molecule has 0 spiro atoms. The minimum Gasteiger partial charge on any atom is -0.381 e. The molecule has 4 N–H and O–H groups in total. The summed E-state index contributed by atoms with van der Waals surface area (Å²) >= 11 is 3.41. The summed E-state index contributed by atoms with van der Waals surface area (Å²) in [6, 6.07) is 0.386. The van der Waals surface area contributed by atoms with Crippen LogP contribution in [0.25, 0.3) is 0 Å². The van der Waals surface area contributed by atoms with E-state index in [1.54, 1.807) is 13.3 Å². The first kappa shape index (κ1) is 12.5. The van der Waals surface area contributed by atoms with Crippen LogP contribution in [0.15, 0.2) is 10.7 Å². The van der Waals surface area contributed by atoms with E-state index in [4.69, 9.17) is 10.6 Å². The number of methoxy groups -OCH3 is 1. The van der Waals surface area contributed by atoms with Gasteiger partial charge in [0.05, 0.1) is 10.6 Å². The van der Waals surface area contributed by atoms with E-state index in [0.717, 1.165) is 29.6 Å². The van der Waals surface area contributed by atoms with Crippen molar-refractivity contribution in [3.05, 3.63) is 10.7 Å². The molecule has 1 fully saturated rings. The molecule has 2 atom stereocenters. The number of rotatable bonds is 4. The van der Waals surface area contributed by atoms with Gasteiger partial charge in [-0.1, -0.05) is 0 Å². The van der Waals surface area contributed by atoms with Gasteiger partial charge in [-0.05, 0) is 35.2 Å². The molecule has 7 heteroatoms. The average molecular weight is 302 g/mol. The lowest BCUT2D eigenvalue weighted by Crippen LogP contribution is -2.19. The largest absolute Gasteiger partial charge is 0.381 e. The molecule has 1 aliphatic rings. The number of aromatic nitrogens is 2. The van der Waals surface area contributed by atoms with Crippen LogP contribution in [0.2, 0.25) is 0 Å². The number of nitrogens with zero attached hydrogens (tertiary/aromatic N) is 2. The summed E-state index contributed by atoms with van der Waals surface area (Å²) in [6.07, 6.45) is 5.19. The fourth-order valence-corrected chi connectivity index (χ4v) is 2.32. The van der Waals surface area contributed by atoms with Crippen LogP contribution in [0.3, 0.4) is 0 Å². The molecule has 0 radical (unpaired) electrons. The summed E-state index contributed by atoms with van der Waals surface area (Å²) in [5, 5.41) is 3.37. The monoisotopic (exact) mass is 301 g/mol. The van der Waals surface area contributed by atoms with Crippen molar-refractivity contribution in [3.63, 3.8) is 0 Å². The maximum Gasteiger partial charge on any atom is 0.239 e. The highest BCUT2D eigenvalue weighted by Gasteiger charge is 2.25. The van der Waals surface area contributed by atoms with Crippen LogP contribution in [0, 0.1) is 0 Å². The maximum absolute atomic E-state index is 5.34. The average Bonchev–Trinajstić information content (AvgIpc) is 2.80. The number of nitrogens with two attached hydrogens (primary N) is 1. The molecule has 0 saturated heterocycles. The third-order valence-corrected chi connectivity index (χ3v) is 3.51. The number of hydrogen-bond acceptors (Lipinski definition) is 6. The first-order chi connectivity index (χ1) is 8.22. The number of nitrogen functional groups attached to an aromatic ring is 1. The summed E-state index contributed by atoms with van der Waals surface area (Å²) in [5.41, 5.74) is 2.43. The van der Waals surface area contributed by atoms with Crippen molar-refractivity contribution in [1.82, 2.24) is 9.97 Å². The molecule has 1 aromatic heterocycles. The van der Waals surface area contributed by atoms with Gasteiger partial charge in [-0.3, -0.25) is 5.43 Å². The molecular formula is C10H16BrN5O. The molecule has 94 valence electrons. The van der Waals surface area contributed by atoms with Gasteiger partial charge in [-0.2, -0.15) is 4.98 Å². The Morgan fingerprint density at radius 2 is 2.35 bits per heavy atom. The van der Waals surface area contributed by atoms with Crippen LogP contribution in [-0.2, 0) is 4.74 Å². The van der Waals surface area contributed by atoms with Crippen LogP contribution in [-0.4, -0.2) is 29.2 Å². The van der Waals surface area contributed by atoms with Gasteiger partial charge in [-0.25, -0.2) is 10.8 Å². The molecule has 6 nitrogen and oxygen atoms in total. The topological polar surface area (TPSA) is 85.1 Å². The summed E-state index contributed by atoms with van der Waals surface area (Å²) < 4.78 is 6.17. The Bertz CT molecular complexity index is 389. The Hall–Kier alpha value is -0.920. The van der Waals surface area contributed by atoms with E-state index < -0.39 is 0 Å². The fourth-order valence-electron chi connectivity index (χ4n) is 2.02. The molecule has 1 heterocycles. The van der Waals surface area contributed by atoms with Gasteiger partial charge in [0, 0.05) is 19.3 Å². The highest BCUT2D eigenvalue weighted by atomic mass is 79.9. The third kappa shape index (κ3) is 3.05. The minimum absolute atomic E-state index is 0.347. The van der Waals surface area contributed by atoms with Crippen molar-refractivity contribution in [2.75, 3.05) is 17.9 Å². The second-order valence-corrected chi connectivity index (χ2v) is 4.90. The van der Waals surface area contributed by atoms with E-state index in [-0.39, 0.29) is 0 Å². The zero-order valence-electron chi connectivity index (χ0n) is 9.61. The van der Waals surface area contributed by atoms with E-state index in [1.807, 2.05) is 0 Å². The summed E-state index contributed by atoms with van der Waals surface area (Å²) in [6.45, 7) is 0. The Kier molecular flexibility index (Phi) is 4.14. The molecule has 2 unspecified atom stereocenters. The normalized spacial score (nSPS) is 23.7. The zero-order valence-corrected chi connectivity index (χ0v) is 11.2. The van der Waals surface area contributed by atoms with Crippen molar-refractivity contribution in [3.8, 4) is 0 Å². The number of ether oxygens (including phenoxy) is 1. The first-order valence-electron chi connectivity index (χ1n) is 5.51. The Morgan fingerprint density at radius 3 is 3.00 bits per heavy atom. The molecule has 0 aliphatic heterocycles. The SMILES string of the molecule is COC1CCC(Nc2nc(NN)ncc2Br)C1. The number of halogens is 1. The molecular weight excluding hydrogens is 286 g/mol. The fraction of sp³-hybridized carbons (Fsp3) is 0.600. The predicted molar refractivity (Wildman–Crippen MR) is 69.6 cm³/mol. The van der Waals surface area contributed by atoms with E-state index in [9.17, 15) is 0 Å². The van der Waals surface area contributed by atoms with Crippen LogP contribution in [0.4, 0.5) is 11.8 Å². The van der Waals surface area contributed by atoms with Crippen LogP contribution >= 0.6 is 15.9 Å². The summed E-state index contributed by atoms with van der Waals surface area (Å²) in [5.74, 6) is 6.44. The maximum atomic E-state index is 5.34. The number of hydrazine groups is 1. The zero-order chi connectivity index (χ0) is 12.3. The highest BCUT2D eigenvalue weighted by Crippen LogP contribution is 2.27. The smallest absolute Gasteiger partial charge is 0.239 e. The second-order valence-electron chi connectivity index (χ2n) is 4.05. The van der Waals surface area contributed by atoms with Crippen molar-refractivity contribution in [2.24, 2.45) is 5.84 Å². The molecule has 1 aliphatic carbocycles. The molecule has 2 rings (SSSR count). The lowest BCUT2D eigenvalue weighted by molar-refractivity contribution is 0.108. The molecule has 0 amide bonds. The van der Waals surface area contributed by atoms with Crippen LogP contribution < -0.4 is 16.6 Å². The van der Waals surface area contributed by atoms with Crippen LogP contribution in [0.1, 0.15) is 19.3 Å². The summed E-state index contributed by atoms with van der Waals surface area (Å²) in [7, 11) is 1.75. The van der Waals surface area contributed by atoms with E-state index in [0.29, 0.717) is 18.1 Å². The summed E-state index contributed by atoms with van der Waals surface area (Å²) in [4.78, 5) is 8.26. The Balaban J connectivity index is 2.03. The minimum atomic E-state index is 0.347. The van der Waals surface area contributed by atoms with Crippen molar-refractivity contribution < 1.29 is 4.74 Å². The molecule has 1 saturated carbocycles. The Morgan fingerprint density at radius 1 is 1.53 bits per heavy atom. The van der Waals surface area contributed by atoms with Crippen molar-refractivity contribution >= 4 is 27.7 Å². The number of anilines is 2. The Labute approximate surface area is 108 Å². The lowest BCUT2D eigenvalue weighted by Gasteiger charge is -2.15. The van der Waals surface area contributed by atoms with E-state index in [1.165, 1.54) is 0 Å². The van der Waals surface area contributed by atoms with Gasteiger partial charge in [0.15, 0.2) is 0 Å². The van der Waals surface area contributed by atoms with Crippen molar-refractivity contribution in [2.45, 2.75) is 31.4 Å². The predicted octanol–water partition coefficient (Wildman–Crippen LogP) is 1.50. The van der Waals surface area contributed by atoms with Gasteiger partial charge in [0.25, 0.3) is 0 Å². The third-order valence-electron chi connectivity index (χ3n) is 2.93. The van der Waals surface area contributed by atoms with E-state index in [2.05, 4.69) is 36.6 Å². The molecule has 17 heavy (non-hydrogen) atoms. The molecule has 0 bridgehead atoms. The van der Waals surface area contributed by atoms with Crippen molar-refractivity contribution in [1.29, 1.82) is 0 Å². The lowest BCUT2D eigenvalue weighted by atomic mass is 10.2. The van der Waals surface area contributed by atoms with Crippen LogP contribution in [0.5, 0.6) is 0 Å². The standard InChI is InChI=1S/C10H16BrN5O/c1-17-7-3-2-6(4-7)14-9-8(11)5-13-10(15-9)16-12/h5-7H,2-4,12H2,1H3,(H2,13,14,15,16). The highest BCUT2D eigenvalue weighted by molar-refractivity contribution is 9.10. The first-order valence-corrected chi connectivity index (χ1v) is 6.30. The van der Waals surface area contributed by atoms with Gasteiger partial charge in [0.2, 0.25) is 5.95 Å². The molecule has 0 aromatic carbocycles. The second kappa shape index (κ2) is 5.61. The number of hydrogen-bond donors (Lipinski definition) is 3. The van der Waals surface area contributed by atoms with Gasteiger partial charge >= 0.3 is 0 Å². The van der Waals surface area contributed by atoms with Gasteiger partial charge in [0.1, 0.15) is 5.82 Å². The van der Waals surface area contributed by atoms with Gasteiger partial charge in [-0.15, -0.1) is 0 Å². The quantitative estimate of drug-likeness (QED) is 0.577. The molecule has 1 aromatic rings.